The number of rotatable bonds is 20. The number of nitrogens with one attached hydrogen (secondary N) is 1. The lowest BCUT2D eigenvalue weighted by molar-refractivity contribution is -0.141. The fourth-order valence-corrected chi connectivity index (χ4v) is 3.53. The van der Waals surface area contributed by atoms with Gasteiger partial charge >= 0.3 is 5.97 Å². The molecule has 0 fully saturated rings. The second kappa shape index (κ2) is 19.8. The fourth-order valence-electron chi connectivity index (χ4n) is 3.53. The summed E-state index contributed by atoms with van der Waals surface area (Å²) in [5.41, 5.74) is 6.00. The van der Waals surface area contributed by atoms with Gasteiger partial charge in [0.05, 0.1) is 12.0 Å². The van der Waals surface area contributed by atoms with Gasteiger partial charge in [-0.3, -0.25) is 4.79 Å². The number of aromatic nitrogens is 2. The van der Waals surface area contributed by atoms with Crippen LogP contribution in [0.3, 0.4) is 0 Å². The predicted octanol–water partition coefficient (Wildman–Crippen LogP) is 4.93. The highest BCUT2D eigenvalue weighted by molar-refractivity contribution is 5.83. The molecule has 0 aromatic carbocycles. The van der Waals surface area contributed by atoms with Crippen molar-refractivity contribution in [3.63, 3.8) is 0 Å². The molecule has 1 unspecified atom stereocenters. The Balaban J connectivity index is 2.09. The molecule has 0 radical (unpaired) electrons. The second-order valence-corrected chi connectivity index (χ2v) is 8.51. The first-order valence-electron chi connectivity index (χ1n) is 12.7. The molecule has 0 aliphatic carbocycles. The Morgan fingerprint density at radius 2 is 1.68 bits per heavy atom. The molecule has 0 saturated carbocycles. The van der Waals surface area contributed by atoms with Crippen molar-refractivity contribution < 1.29 is 14.7 Å². The van der Waals surface area contributed by atoms with Crippen molar-refractivity contribution in [3.8, 4) is 0 Å². The van der Waals surface area contributed by atoms with Crippen LogP contribution in [-0.4, -0.2) is 39.1 Å². The normalized spacial score (nSPS) is 12.8. The lowest BCUT2D eigenvalue weighted by atomic mass is 10.1. The zero-order chi connectivity index (χ0) is 24.9. The van der Waals surface area contributed by atoms with Gasteiger partial charge in [0.25, 0.3) is 0 Å². The largest absolute Gasteiger partial charge is 0.480 e. The van der Waals surface area contributed by atoms with E-state index in [1.807, 2.05) is 10.8 Å². The van der Waals surface area contributed by atoms with Gasteiger partial charge in [0.15, 0.2) is 0 Å². The summed E-state index contributed by atoms with van der Waals surface area (Å²) in [5.74, 6) is -1.42. The van der Waals surface area contributed by atoms with E-state index in [9.17, 15) is 14.7 Å². The summed E-state index contributed by atoms with van der Waals surface area (Å²) in [6, 6.07) is -0.985. The highest BCUT2D eigenvalue weighted by Gasteiger charge is 2.21. The van der Waals surface area contributed by atoms with Crippen LogP contribution in [0, 0.1) is 0 Å². The maximum absolute atomic E-state index is 11.6. The molecule has 1 aromatic rings. The fraction of sp³-hybridized carbons (Fsp3) is 0.593. The van der Waals surface area contributed by atoms with Crippen molar-refractivity contribution in [1.82, 2.24) is 14.9 Å². The van der Waals surface area contributed by atoms with Gasteiger partial charge in [-0.15, -0.1) is 0 Å². The minimum absolute atomic E-state index is 0.115. The van der Waals surface area contributed by atoms with Crippen LogP contribution in [0.1, 0.15) is 83.2 Å². The first-order chi connectivity index (χ1) is 16.6. The maximum atomic E-state index is 11.6. The van der Waals surface area contributed by atoms with Crippen molar-refractivity contribution in [2.75, 3.05) is 6.54 Å². The zero-order valence-corrected chi connectivity index (χ0v) is 20.8. The van der Waals surface area contributed by atoms with E-state index >= 15 is 0 Å². The van der Waals surface area contributed by atoms with E-state index in [-0.39, 0.29) is 25.3 Å². The number of unbranched alkanes of at least 4 members (excludes halogenated alkanes) is 6. The lowest BCUT2D eigenvalue weighted by Crippen LogP contribution is -2.42. The van der Waals surface area contributed by atoms with Crippen LogP contribution in [-0.2, 0) is 22.6 Å². The van der Waals surface area contributed by atoms with E-state index in [2.05, 4.69) is 53.7 Å². The predicted molar refractivity (Wildman–Crippen MR) is 138 cm³/mol. The number of aliphatic carboxylic acids is 1. The Bertz CT molecular complexity index is 768. The number of carboxylic acids is 1. The molecular formula is C27H44N4O3. The number of hydrogen-bond acceptors (Lipinski definition) is 4. The van der Waals surface area contributed by atoms with Crippen LogP contribution in [0.25, 0.3) is 0 Å². The summed E-state index contributed by atoms with van der Waals surface area (Å²) in [4.78, 5) is 27.3. The Hall–Kier alpha value is -2.67. The smallest absolute Gasteiger partial charge is 0.326 e. The molecule has 7 heteroatoms. The van der Waals surface area contributed by atoms with E-state index in [0.717, 1.165) is 38.6 Å². The van der Waals surface area contributed by atoms with Gasteiger partial charge in [-0.25, -0.2) is 9.78 Å². The van der Waals surface area contributed by atoms with Gasteiger partial charge in [-0.05, 0) is 38.5 Å². The number of allylic oxidation sites excluding steroid dienone is 6. The Kier molecular flexibility index (Phi) is 17.1. The lowest BCUT2D eigenvalue weighted by Gasteiger charge is -2.12. The number of aryl methyl sites for hydroxylation is 1. The van der Waals surface area contributed by atoms with Crippen LogP contribution < -0.4 is 11.1 Å². The van der Waals surface area contributed by atoms with Gasteiger partial charge in [-0.1, -0.05) is 69.1 Å². The van der Waals surface area contributed by atoms with Gasteiger partial charge in [0, 0.05) is 32.1 Å². The molecule has 1 amide bonds. The number of imidazole rings is 1. The molecule has 0 spiro atoms. The first kappa shape index (κ1) is 29.4. The average molecular weight is 473 g/mol. The van der Waals surface area contributed by atoms with Gasteiger partial charge in [0.1, 0.15) is 6.04 Å². The summed E-state index contributed by atoms with van der Waals surface area (Å²) in [6.07, 6.45) is 28.9. The van der Waals surface area contributed by atoms with E-state index < -0.39 is 12.0 Å². The van der Waals surface area contributed by atoms with Crippen molar-refractivity contribution in [2.45, 2.75) is 96.6 Å². The molecule has 190 valence electrons. The van der Waals surface area contributed by atoms with Gasteiger partial charge in [0.2, 0.25) is 5.91 Å². The van der Waals surface area contributed by atoms with Crippen LogP contribution in [0.4, 0.5) is 0 Å². The maximum Gasteiger partial charge on any atom is 0.326 e. The molecular weight excluding hydrogens is 428 g/mol. The Morgan fingerprint density at radius 1 is 1.03 bits per heavy atom. The van der Waals surface area contributed by atoms with Crippen molar-refractivity contribution in [1.29, 1.82) is 0 Å². The van der Waals surface area contributed by atoms with Crippen LogP contribution >= 0.6 is 0 Å². The van der Waals surface area contributed by atoms with Crippen LogP contribution in [0.5, 0.6) is 0 Å². The summed E-state index contributed by atoms with van der Waals surface area (Å²) in [7, 11) is 0. The molecule has 1 aromatic heterocycles. The van der Waals surface area contributed by atoms with Crippen molar-refractivity contribution in [2.24, 2.45) is 5.73 Å². The summed E-state index contributed by atoms with van der Waals surface area (Å²) in [6.45, 7) is 3.22. The summed E-state index contributed by atoms with van der Waals surface area (Å²) >= 11 is 0. The first-order valence-corrected chi connectivity index (χ1v) is 12.7. The number of amides is 1. The number of carboxylic acid groups (broad SMARTS) is 1. The minimum Gasteiger partial charge on any atom is -0.480 e. The second-order valence-electron chi connectivity index (χ2n) is 8.51. The number of carbonyl (C=O) groups is 2. The monoisotopic (exact) mass is 472 g/mol. The summed E-state index contributed by atoms with van der Waals surface area (Å²) in [5, 5.41) is 11.8. The SMILES string of the molecule is CC/C=C\C/C=C\C/C=C\CCCCCCCCn1cnc(CC(NC(=O)CCN)C(=O)O)c1. The highest BCUT2D eigenvalue weighted by atomic mass is 16.4. The Morgan fingerprint density at radius 3 is 2.35 bits per heavy atom. The molecule has 0 saturated heterocycles. The third kappa shape index (κ3) is 15.2. The van der Waals surface area contributed by atoms with E-state index in [4.69, 9.17) is 5.73 Å². The topological polar surface area (TPSA) is 110 Å². The van der Waals surface area contributed by atoms with Crippen molar-refractivity contribution >= 4 is 11.9 Å². The van der Waals surface area contributed by atoms with Crippen molar-refractivity contribution in [3.05, 3.63) is 54.7 Å². The molecule has 7 nitrogen and oxygen atoms in total. The molecule has 4 N–H and O–H groups in total. The summed E-state index contributed by atoms with van der Waals surface area (Å²) < 4.78 is 2.00. The number of hydrogen-bond donors (Lipinski definition) is 3. The van der Waals surface area contributed by atoms with Gasteiger partial charge in [-0.2, -0.15) is 0 Å². The van der Waals surface area contributed by atoms with Crippen LogP contribution in [0.15, 0.2) is 49.0 Å². The third-order valence-corrected chi connectivity index (χ3v) is 5.42. The highest BCUT2D eigenvalue weighted by Crippen LogP contribution is 2.10. The minimum atomic E-state index is -1.07. The zero-order valence-electron chi connectivity index (χ0n) is 20.8. The third-order valence-electron chi connectivity index (χ3n) is 5.42. The number of nitrogens with zero attached hydrogens (tertiary/aromatic N) is 2. The number of nitrogens with two attached hydrogens (primary N) is 1. The standard InChI is InChI=1S/C27H44N4O3/c1-2-3-4-5-6-7-8-9-10-11-12-13-14-15-16-17-20-31-22-24(29-23-31)21-25(27(33)34)30-26(32)18-19-28/h3-4,6-7,9-10,22-23,25H,2,5,8,11-21,28H2,1H3,(H,30,32)(H,33,34)/b4-3-,7-6-,10-9-. The molecule has 0 aliphatic heterocycles. The van der Waals surface area contributed by atoms with Gasteiger partial charge < -0.3 is 20.7 Å². The molecule has 1 rings (SSSR count). The Labute approximate surface area is 205 Å². The van der Waals surface area contributed by atoms with Crippen LogP contribution in [0.2, 0.25) is 0 Å². The molecule has 1 heterocycles. The van der Waals surface area contributed by atoms with E-state index in [1.54, 1.807) is 6.33 Å². The molecule has 1 atom stereocenters. The molecule has 0 bridgehead atoms. The quantitative estimate of drug-likeness (QED) is 0.184. The van der Waals surface area contributed by atoms with E-state index in [0.29, 0.717) is 5.69 Å². The molecule has 0 aliphatic rings. The number of carbonyl (C=O) groups excluding carboxylic acids is 1. The molecule has 34 heavy (non-hydrogen) atoms. The van der Waals surface area contributed by atoms with E-state index in [1.165, 1.54) is 32.1 Å². The average Bonchev–Trinajstić information content (AvgIpc) is 3.25.